The van der Waals surface area contributed by atoms with Crippen molar-refractivity contribution in [2.45, 2.75) is 51.1 Å². The molecule has 0 aromatic heterocycles. The first-order chi connectivity index (χ1) is 6.72. The molecule has 0 spiro atoms. The molecular formula is C10H20N2O2. The smallest absolute Gasteiger partial charge is 0.315 e. The van der Waals surface area contributed by atoms with Gasteiger partial charge in [0, 0.05) is 6.04 Å². The molecule has 1 aliphatic rings. The molecule has 0 aromatic carbocycles. The standard InChI is InChI=1S/C10H20N2O2/c1-8(7-13)11-10(14)12-9-5-3-2-4-6-9/h8-9,13H,2-7H2,1H3,(H2,11,12,14). The summed E-state index contributed by atoms with van der Waals surface area (Å²) in [5.41, 5.74) is 0. The zero-order chi connectivity index (χ0) is 10.4. The summed E-state index contributed by atoms with van der Waals surface area (Å²) in [5, 5.41) is 14.3. The van der Waals surface area contributed by atoms with Gasteiger partial charge in [-0.25, -0.2) is 4.79 Å². The average molecular weight is 200 g/mol. The average Bonchev–Trinajstić information content (AvgIpc) is 2.19. The molecule has 14 heavy (non-hydrogen) atoms. The van der Waals surface area contributed by atoms with Crippen LogP contribution in [0.4, 0.5) is 4.79 Å². The maximum Gasteiger partial charge on any atom is 0.315 e. The highest BCUT2D eigenvalue weighted by molar-refractivity contribution is 5.74. The fourth-order valence-corrected chi connectivity index (χ4v) is 1.74. The highest BCUT2D eigenvalue weighted by Crippen LogP contribution is 2.17. The van der Waals surface area contributed by atoms with E-state index in [9.17, 15) is 4.79 Å². The van der Waals surface area contributed by atoms with Crippen LogP contribution in [0.3, 0.4) is 0 Å². The van der Waals surface area contributed by atoms with Gasteiger partial charge in [-0.05, 0) is 19.8 Å². The van der Waals surface area contributed by atoms with Crippen molar-refractivity contribution >= 4 is 6.03 Å². The lowest BCUT2D eigenvalue weighted by Crippen LogP contribution is -2.46. The van der Waals surface area contributed by atoms with Gasteiger partial charge in [0.1, 0.15) is 0 Å². The molecule has 0 bridgehead atoms. The van der Waals surface area contributed by atoms with Crippen molar-refractivity contribution in [2.24, 2.45) is 0 Å². The minimum atomic E-state index is -0.168. The third-order valence-electron chi connectivity index (χ3n) is 2.59. The third kappa shape index (κ3) is 3.96. The second kappa shape index (κ2) is 5.86. The van der Waals surface area contributed by atoms with Crippen LogP contribution in [0.25, 0.3) is 0 Å². The first kappa shape index (κ1) is 11.3. The maximum absolute atomic E-state index is 11.3. The van der Waals surface area contributed by atoms with Gasteiger partial charge in [-0.15, -0.1) is 0 Å². The van der Waals surface area contributed by atoms with E-state index in [1.165, 1.54) is 19.3 Å². The highest BCUT2D eigenvalue weighted by atomic mass is 16.3. The monoisotopic (exact) mass is 200 g/mol. The quantitative estimate of drug-likeness (QED) is 0.636. The summed E-state index contributed by atoms with van der Waals surface area (Å²) >= 11 is 0. The van der Waals surface area contributed by atoms with Crippen molar-refractivity contribution in [1.82, 2.24) is 10.6 Å². The van der Waals surface area contributed by atoms with Gasteiger partial charge in [0.25, 0.3) is 0 Å². The molecule has 1 unspecified atom stereocenters. The number of nitrogens with one attached hydrogen (secondary N) is 2. The molecule has 0 heterocycles. The molecule has 1 rings (SSSR count). The molecular weight excluding hydrogens is 180 g/mol. The lowest BCUT2D eigenvalue weighted by atomic mass is 9.96. The molecule has 3 N–H and O–H groups in total. The van der Waals surface area contributed by atoms with Gasteiger partial charge in [0.2, 0.25) is 0 Å². The van der Waals surface area contributed by atoms with Crippen molar-refractivity contribution < 1.29 is 9.90 Å². The van der Waals surface area contributed by atoms with Crippen molar-refractivity contribution in [2.75, 3.05) is 6.61 Å². The second-order valence-electron chi connectivity index (χ2n) is 4.04. The molecule has 0 saturated heterocycles. The zero-order valence-electron chi connectivity index (χ0n) is 8.75. The van der Waals surface area contributed by atoms with Crippen molar-refractivity contribution in [3.05, 3.63) is 0 Å². The third-order valence-corrected chi connectivity index (χ3v) is 2.59. The summed E-state index contributed by atoms with van der Waals surface area (Å²) < 4.78 is 0. The molecule has 1 atom stereocenters. The molecule has 4 heteroatoms. The summed E-state index contributed by atoms with van der Waals surface area (Å²) in [5.74, 6) is 0. The number of hydrogen-bond donors (Lipinski definition) is 3. The molecule has 4 nitrogen and oxygen atoms in total. The Morgan fingerprint density at radius 2 is 2.07 bits per heavy atom. The first-order valence-electron chi connectivity index (χ1n) is 5.40. The highest BCUT2D eigenvalue weighted by Gasteiger charge is 2.15. The summed E-state index contributed by atoms with van der Waals surface area (Å²) in [4.78, 5) is 11.3. The maximum atomic E-state index is 11.3. The van der Waals surface area contributed by atoms with E-state index in [1.54, 1.807) is 6.92 Å². The number of rotatable bonds is 3. The molecule has 1 saturated carbocycles. The minimum Gasteiger partial charge on any atom is -0.394 e. The number of aliphatic hydroxyl groups excluding tert-OH is 1. The summed E-state index contributed by atoms with van der Waals surface area (Å²) in [6.07, 6.45) is 5.87. The lowest BCUT2D eigenvalue weighted by molar-refractivity contribution is 0.214. The number of hydrogen-bond acceptors (Lipinski definition) is 2. The predicted molar refractivity (Wildman–Crippen MR) is 55.1 cm³/mol. The number of urea groups is 1. The zero-order valence-corrected chi connectivity index (χ0v) is 8.75. The van der Waals surface area contributed by atoms with Crippen molar-refractivity contribution in [1.29, 1.82) is 0 Å². The largest absolute Gasteiger partial charge is 0.394 e. The summed E-state index contributed by atoms with van der Waals surface area (Å²) in [7, 11) is 0. The SMILES string of the molecule is CC(CO)NC(=O)NC1CCCCC1. The number of carbonyl (C=O) groups excluding carboxylic acids is 1. The van der Waals surface area contributed by atoms with Gasteiger partial charge in [-0.3, -0.25) is 0 Å². The number of aliphatic hydroxyl groups is 1. The van der Waals surface area contributed by atoms with Crippen LogP contribution in [0.5, 0.6) is 0 Å². The van der Waals surface area contributed by atoms with Crippen LogP contribution < -0.4 is 10.6 Å². The molecule has 1 aliphatic carbocycles. The Morgan fingerprint density at radius 3 is 2.64 bits per heavy atom. The van der Waals surface area contributed by atoms with Crippen LogP contribution in [0.1, 0.15) is 39.0 Å². The molecule has 0 radical (unpaired) electrons. The Kier molecular flexibility index (Phi) is 4.73. The van der Waals surface area contributed by atoms with Crippen molar-refractivity contribution in [3.63, 3.8) is 0 Å². The van der Waals surface area contributed by atoms with Crippen LogP contribution in [-0.2, 0) is 0 Å². The Morgan fingerprint density at radius 1 is 1.43 bits per heavy atom. The van der Waals surface area contributed by atoms with Gasteiger partial charge < -0.3 is 15.7 Å². The predicted octanol–water partition coefficient (Wildman–Crippen LogP) is 0.999. The van der Waals surface area contributed by atoms with E-state index < -0.39 is 0 Å². The number of amides is 2. The fourth-order valence-electron chi connectivity index (χ4n) is 1.74. The van der Waals surface area contributed by atoms with E-state index in [1.807, 2.05) is 0 Å². The van der Waals surface area contributed by atoms with E-state index in [0.29, 0.717) is 6.04 Å². The number of carbonyl (C=O) groups is 1. The van der Waals surface area contributed by atoms with E-state index in [4.69, 9.17) is 5.11 Å². The topological polar surface area (TPSA) is 61.4 Å². The Balaban J connectivity index is 2.18. The molecule has 2 amide bonds. The molecule has 1 fully saturated rings. The van der Waals surface area contributed by atoms with Gasteiger partial charge in [-0.2, -0.15) is 0 Å². The van der Waals surface area contributed by atoms with Gasteiger partial charge in [0.15, 0.2) is 0 Å². The first-order valence-corrected chi connectivity index (χ1v) is 5.40. The Hall–Kier alpha value is -0.770. The molecule has 82 valence electrons. The van der Waals surface area contributed by atoms with E-state index in [2.05, 4.69) is 10.6 Å². The minimum absolute atomic E-state index is 0.0158. The van der Waals surface area contributed by atoms with Crippen LogP contribution in [-0.4, -0.2) is 29.8 Å². The normalized spacial score (nSPS) is 20.1. The van der Waals surface area contributed by atoms with E-state index in [-0.39, 0.29) is 18.7 Å². The fraction of sp³-hybridized carbons (Fsp3) is 0.900. The van der Waals surface area contributed by atoms with Gasteiger partial charge in [0.05, 0.1) is 12.6 Å². The molecule has 0 aromatic rings. The van der Waals surface area contributed by atoms with Gasteiger partial charge >= 0.3 is 6.03 Å². The second-order valence-corrected chi connectivity index (χ2v) is 4.04. The van der Waals surface area contributed by atoms with Crippen LogP contribution in [0, 0.1) is 0 Å². The van der Waals surface area contributed by atoms with E-state index >= 15 is 0 Å². The Labute approximate surface area is 85.1 Å². The van der Waals surface area contributed by atoms with E-state index in [0.717, 1.165) is 12.8 Å². The summed E-state index contributed by atoms with van der Waals surface area (Å²) in [6.45, 7) is 1.76. The van der Waals surface area contributed by atoms with Gasteiger partial charge in [-0.1, -0.05) is 19.3 Å². The van der Waals surface area contributed by atoms with Crippen LogP contribution in [0.15, 0.2) is 0 Å². The lowest BCUT2D eigenvalue weighted by Gasteiger charge is -2.23. The molecule has 0 aliphatic heterocycles. The summed E-state index contributed by atoms with van der Waals surface area (Å²) in [6, 6.07) is 0.00619. The van der Waals surface area contributed by atoms with Crippen molar-refractivity contribution in [3.8, 4) is 0 Å². The van der Waals surface area contributed by atoms with Crippen LogP contribution >= 0.6 is 0 Å². The van der Waals surface area contributed by atoms with Crippen LogP contribution in [0.2, 0.25) is 0 Å². The Bertz CT molecular complexity index is 179.